The molecule has 2 aromatic rings. The zero-order valence-corrected chi connectivity index (χ0v) is 15.0. The van der Waals surface area contributed by atoms with Gasteiger partial charge in [0.25, 0.3) is 5.69 Å². The van der Waals surface area contributed by atoms with Gasteiger partial charge in [-0.15, -0.1) is 0 Å². The van der Waals surface area contributed by atoms with Gasteiger partial charge in [0, 0.05) is 24.9 Å². The third kappa shape index (κ3) is 4.60. The highest BCUT2D eigenvalue weighted by molar-refractivity contribution is 6.33. The van der Waals surface area contributed by atoms with E-state index in [2.05, 4.69) is 10.3 Å². The first-order valence-corrected chi connectivity index (χ1v) is 7.96. The van der Waals surface area contributed by atoms with Gasteiger partial charge in [-0.3, -0.25) is 10.1 Å². The van der Waals surface area contributed by atoms with E-state index >= 15 is 0 Å². The second-order valence-corrected chi connectivity index (χ2v) is 6.03. The summed E-state index contributed by atoms with van der Waals surface area (Å²) in [7, 11) is 1.78. The molecule has 0 atom stereocenters. The molecule has 0 saturated carbocycles. The number of nitrogens with two attached hydrogens (primary N) is 1. The third-order valence-corrected chi connectivity index (χ3v) is 4.04. The number of aryl methyl sites for hydroxylation is 2. The minimum atomic E-state index is -0.423. The number of nitrogens with zero attached hydrogens (tertiary/aromatic N) is 3. The molecule has 25 heavy (non-hydrogen) atoms. The molecule has 0 unspecified atom stereocenters. The van der Waals surface area contributed by atoms with Gasteiger partial charge in [0.15, 0.2) is 5.96 Å². The summed E-state index contributed by atoms with van der Waals surface area (Å²) >= 11 is 6.24. The van der Waals surface area contributed by atoms with Crippen LogP contribution in [-0.4, -0.2) is 24.6 Å². The van der Waals surface area contributed by atoms with Crippen molar-refractivity contribution in [2.24, 2.45) is 10.7 Å². The molecular formula is C17H20ClN5O2. The summed E-state index contributed by atoms with van der Waals surface area (Å²) in [4.78, 5) is 16.3. The third-order valence-electron chi connectivity index (χ3n) is 3.74. The molecule has 3 N–H and O–H groups in total. The molecule has 0 heterocycles. The van der Waals surface area contributed by atoms with E-state index in [0.717, 1.165) is 22.5 Å². The fourth-order valence-electron chi connectivity index (χ4n) is 2.28. The average molecular weight is 362 g/mol. The van der Waals surface area contributed by atoms with Crippen LogP contribution in [-0.2, 0) is 0 Å². The molecule has 7 nitrogen and oxygen atoms in total. The van der Waals surface area contributed by atoms with E-state index in [1.165, 1.54) is 12.1 Å². The van der Waals surface area contributed by atoms with Crippen molar-refractivity contribution in [1.82, 2.24) is 0 Å². The van der Waals surface area contributed by atoms with Gasteiger partial charge in [-0.1, -0.05) is 17.7 Å². The summed E-state index contributed by atoms with van der Waals surface area (Å²) in [6, 6.07) is 10.3. The van der Waals surface area contributed by atoms with E-state index in [9.17, 15) is 10.1 Å². The molecule has 132 valence electrons. The van der Waals surface area contributed by atoms with E-state index < -0.39 is 4.92 Å². The Morgan fingerprint density at radius 1 is 1.32 bits per heavy atom. The summed E-state index contributed by atoms with van der Waals surface area (Å²) in [5.74, 6) is 0.304. The van der Waals surface area contributed by atoms with Crippen molar-refractivity contribution in [3.63, 3.8) is 0 Å². The Labute approximate surface area is 151 Å². The van der Waals surface area contributed by atoms with Gasteiger partial charge in [0.2, 0.25) is 0 Å². The molecule has 2 aromatic carbocycles. The van der Waals surface area contributed by atoms with Crippen LogP contribution in [0.4, 0.5) is 17.1 Å². The summed E-state index contributed by atoms with van der Waals surface area (Å²) in [5.41, 5.74) is 9.42. The lowest BCUT2D eigenvalue weighted by atomic mass is 10.2. The molecule has 0 aliphatic rings. The van der Waals surface area contributed by atoms with Crippen molar-refractivity contribution in [2.45, 2.75) is 13.8 Å². The van der Waals surface area contributed by atoms with Crippen LogP contribution in [0.2, 0.25) is 5.02 Å². The van der Waals surface area contributed by atoms with Gasteiger partial charge in [-0.25, -0.2) is 4.99 Å². The highest BCUT2D eigenvalue weighted by atomic mass is 35.5. The molecular weight excluding hydrogens is 342 g/mol. The molecule has 0 saturated heterocycles. The van der Waals surface area contributed by atoms with Crippen LogP contribution in [0, 0.1) is 24.0 Å². The highest BCUT2D eigenvalue weighted by Crippen LogP contribution is 2.25. The highest BCUT2D eigenvalue weighted by Gasteiger charge is 2.10. The number of anilines is 2. The van der Waals surface area contributed by atoms with Crippen LogP contribution in [0.3, 0.4) is 0 Å². The summed E-state index contributed by atoms with van der Waals surface area (Å²) in [6.45, 7) is 3.99. The van der Waals surface area contributed by atoms with E-state index in [-0.39, 0.29) is 12.4 Å². The van der Waals surface area contributed by atoms with Gasteiger partial charge >= 0.3 is 0 Å². The van der Waals surface area contributed by atoms with Gasteiger partial charge in [-0.05, 0) is 43.2 Å². The molecule has 8 heteroatoms. The van der Waals surface area contributed by atoms with E-state index in [1.807, 2.05) is 25.1 Å². The average Bonchev–Trinajstić information content (AvgIpc) is 2.55. The van der Waals surface area contributed by atoms with Gasteiger partial charge < -0.3 is 16.0 Å². The van der Waals surface area contributed by atoms with Crippen molar-refractivity contribution < 1.29 is 4.92 Å². The quantitative estimate of drug-likeness (QED) is 0.366. The monoisotopic (exact) mass is 361 g/mol. The predicted molar refractivity (Wildman–Crippen MR) is 103 cm³/mol. The van der Waals surface area contributed by atoms with Crippen LogP contribution < -0.4 is 16.0 Å². The molecule has 0 radical (unpaired) electrons. The Kier molecular flexibility index (Phi) is 5.82. The summed E-state index contributed by atoms with van der Waals surface area (Å²) < 4.78 is 0. The maximum atomic E-state index is 10.8. The van der Waals surface area contributed by atoms with Crippen molar-refractivity contribution in [3.8, 4) is 0 Å². The largest absolute Gasteiger partial charge is 0.369 e. The topological polar surface area (TPSA) is 96.8 Å². The van der Waals surface area contributed by atoms with Crippen molar-refractivity contribution >= 4 is 34.6 Å². The number of rotatable bonds is 5. The lowest BCUT2D eigenvalue weighted by molar-refractivity contribution is -0.384. The standard InChI is InChI=1S/C17H20ClN5O2/c1-11-4-7-16(14(18)8-11)22(3)17(19)21-10-20-15-6-5-13(23(24)25)9-12(15)2/h4-9,20H,10H2,1-3H3,(H2,19,21). The fourth-order valence-corrected chi connectivity index (χ4v) is 2.64. The number of aliphatic imine (C=N–C) groups is 1. The molecule has 0 aliphatic heterocycles. The number of hydrogen-bond acceptors (Lipinski definition) is 4. The van der Waals surface area contributed by atoms with E-state index in [0.29, 0.717) is 11.0 Å². The molecule has 0 bridgehead atoms. The Morgan fingerprint density at radius 3 is 2.64 bits per heavy atom. The van der Waals surface area contributed by atoms with Gasteiger partial charge in [0.05, 0.1) is 15.6 Å². The lowest BCUT2D eigenvalue weighted by Gasteiger charge is -2.20. The second-order valence-electron chi connectivity index (χ2n) is 5.62. The summed E-state index contributed by atoms with van der Waals surface area (Å²) in [5, 5.41) is 14.4. The maximum Gasteiger partial charge on any atom is 0.269 e. The lowest BCUT2D eigenvalue weighted by Crippen LogP contribution is -2.34. The molecule has 0 aromatic heterocycles. The smallest absolute Gasteiger partial charge is 0.269 e. The Hall–Kier alpha value is -2.80. The molecule has 0 spiro atoms. The second kappa shape index (κ2) is 7.85. The van der Waals surface area contributed by atoms with Crippen LogP contribution >= 0.6 is 11.6 Å². The minimum absolute atomic E-state index is 0.0554. The van der Waals surface area contributed by atoms with Gasteiger partial charge in [-0.2, -0.15) is 0 Å². The predicted octanol–water partition coefficient (Wildman–Crippen LogP) is 3.69. The number of guanidine groups is 1. The first-order valence-electron chi connectivity index (χ1n) is 7.58. The number of nitro groups is 1. The van der Waals surface area contributed by atoms with E-state index in [4.69, 9.17) is 17.3 Å². The number of nitrogens with one attached hydrogen (secondary N) is 1. The zero-order valence-electron chi connectivity index (χ0n) is 14.3. The van der Waals surface area contributed by atoms with Crippen LogP contribution in [0.5, 0.6) is 0 Å². The van der Waals surface area contributed by atoms with Crippen LogP contribution in [0.1, 0.15) is 11.1 Å². The zero-order chi connectivity index (χ0) is 18.6. The van der Waals surface area contributed by atoms with Crippen molar-refractivity contribution in [2.75, 3.05) is 23.9 Å². The number of benzene rings is 2. The summed E-state index contributed by atoms with van der Waals surface area (Å²) in [6.07, 6.45) is 0. The Bertz CT molecular complexity index is 823. The molecule has 0 amide bonds. The maximum absolute atomic E-state index is 10.8. The molecule has 0 fully saturated rings. The SMILES string of the molecule is Cc1ccc(N(C)C(N)=NCNc2ccc([N+](=O)[O-])cc2C)c(Cl)c1. The van der Waals surface area contributed by atoms with E-state index in [1.54, 1.807) is 24.9 Å². The van der Waals surface area contributed by atoms with Crippen LogP contribution in [0.15, 0.2) is 41.4 Å². The Morgan fingerprint density at radius 2 is 2.04 bits per heavy atom. The number of hydrogen-bond donors (Lipinski definition) is 2. The van der Waals surface area contributed by atoms with Crippen molar-refractivity contribution in [1.29, 1.82) is 0 Å². The molecule has 0 aliphatic carbocycles. The van der Waals surface area contributed by atoms with Crippen LogP contribution in [0.25, 0.3) is 0 Å². The normalized spacial score (nSPS) is 11.3. The van der Waals surface area contributed by atoms with Gasteiger partial charge in [0.1, 0.15) is 6.67 Å². The van der Waals surface area contributed by atoms with Crippen molar-refractivity contribution in [3.05, 3.63) is 62.7 Å². The number of nitro benzene ring substituents is 1. The fraction of sp³-hybridized carbons (Fsp3) is 0.235. The molecule has 2 rings (SSSR count). The minimum Gasteiger partial charge on any atom is -0.369 e. The first-order chi connectivity index (χ1) is 11.8. The Balaban J connectivity index is 2.05. The number of halogens is 1. The number of non-ortho nitro benzene ring substituents is 1. The first kappa shape index (κ1) is 18.5.